The van der Waals surface area contributed by atoms with E-state index in [0.29, 0.717) is 23.0 Å². The number of tetrazole rings is 1. The molecule has 0 saturated carbocycles. The molecule has 0 atom stereocenters. The molecule has 3 aromatic rings. The first-order chi connectivity index (χ1) is 16.1. The Balaban J connectivity index is 1.27. The van der Waals surface area contributed by atoms with Crippen LogP contribution in [0.3, 0.4) is 0 Å². The molecule has 4 rings (SSSR count). The van der Waals surface area contributed by atoms with Crippen molar-refractivity contribution in [2.75, 3.05) is 24.2 Å². The van der Waals surface area contributed by atoms with Gasteiger partial charge in [0.1, 0.15) is 0 Å². The Morgan fingerprint density at radius 2 is 1.76 bits per heavy atom. The lowest BCUT2D eigenvalue weighted by Crippen LogP contribution is -2.25. The van der Waals surface area contributed by atoms with Crippen molar-refractivity contribution in [3.8, 4) is 0 Å². The quantitative estimate of drug-likeness (QED) is 0.468. The molecule has 10 heteroatoms. The molecule has 2 heterocycles. The van der Waals surface area contributed by atoms with Crippen molar-refractivity contribution >= 4 is 29.3 Å². The number of nitrogens with zero attached hydrogens (tertiary/aromatic N) is 5. The number of nitrogens with one attached hydrogen (secondary N) is 2. The standard InChI is InChI=1S/C23H27N7O2S/c1-29-23(26-27-28-29)33-16-21(31)25-20-10-8-17(9-11-20)22(32)24-14-18-6-2-3-7-19(18)15-30-12-4-5-13-30/h2-3,6-11H,4-5,12-16H2,1H3,(H,24,32)(H,25,31). The lowest BCUT2D eigenvalue weighted by atomic mass is 10.1. The number of likely N-dealkylation sites (tertiary alicyclic amines) is 1. The molecule has 1 saturated heterocycles. The van der Waals surface area contributed by atoms with Gasteiger partial charge in [-0.25, -0.2) is 4.68 Å². The van der Waals surface area contributed by atoms with Crippen molar-refractivity contribution in [3.63, 3.8) is 0 Å². The molecule has 2 aromatic carbocycles. The largest absolute Gasteiger partial charge is 0.348 e. The maximum Gasteiger partial charge on any atom is 0.251 e. The summed E-state index contributed by atoms with van der Waals surface area (Å²) in [5.41, 5.74) is 3.57. The SMILES string of the molecule is Cn1nnnc1SCC(=O)Nc1ccc(C(=O)NCc2ccccc2CN2CCCC2)cc1. The fourth-order valence-electron chi connectivity index (χ4n) is 3.72. The minimum Gasteiger partial charge on any atom is -0.348 e. The Kier molecular flexibility index (Phi) is 7.69. The van der Waals surface area contributed by atoms with Gasteiger partial charge in [0.2, 0.25) is 11.1 Å². The number of carbonyl (C=O) groups is 2. The van der Waals surface area contributed by atoms with Crippen molar-refractivity contribution in [2.24, 2.45) is 7.05 Å². The Morgan fingerprint density at radius 3 is 2.45 bits per heavy atom. The highest BCUT2D eigenvalue weighted by molar-refractivity contribution is 7.99. The van der Waals surface area contributed by atoms with E-state index < -0.39 is 0 Å². The average molecular weight is 466 g/mol. The van der Waals surface area contributed by atoms with E-state index in [1.807, 2.05) is 12.1 Å². The van der Waals surface area contributed by atoms with Gasteiger partial charge in [-0.1, -0.05) is 36.0 Å². The van der Waals surface area contributed by atoms with Crippen LogP contribution < -0.4 is 10.6 Å². The second-order valence-corrected chi connectivity index (χ2v) is 8.88. The zero-order valence-corrected chi connectivity index (χ0v) is 19.3. The zero-order chi connectivity index (χ0) is 23.0. The van der Waals surface area contributed by atoms with Crippen LogP contribution in [-0.4, -0.2) is 55.8 Å². The van der Waals surface area contributed by atoms with Crippen molar-refractivity contribution in [1.29, 1.82) is 0 Å². The van der Waals surface area contributed by atoms with Crippen LogP contribution >= 0.6 is 11.8 Å². The molecule has 33 heavy (non-hydrogen) atoms. The minimum absolute atomic E-state index is 0.144. The van der Waals surface area contributed by atoms with Crippen molar-refractivity contribution in [2.45, 2.75) is 31.1 Å². The van der Waals surface area contributed by atoms with E-state index >= 15 is 0 Å². The number of hydrogen-bond donors (Lipinski definition) is 2. The number of benzene rings is 2. The fraction of sp³-hybridized carbons (Fsp3) is 0.348. The van der Waals surface area contributed by atoms with E-state index in [-0.39, 0.29) is 17.6 Å². The molecule has 2 N–H and O–H groups in total. The molecule has 1 aliphatic rings. The molecular formula is C23H27N7O2S. The molecule has 172 valence electrons. The van der Waals surface area contributed by atoms with Crippen LogP contribution in [0.25, 0.3) is 0 Å². The van der Waals surface area contributed by atoms with E-state index in [9.17, 15) is 9.59 Å². The summed E-state index contributed by atoms with van der Waals surface area (Å²) in [6, 6.07) is 15.1. The van der Waals surface area contributed by atoms with E-state index in [0.717, 1.165) is 25.2 Å². The molecule has 1 fully saturated rings. The van der Waals surface area contributed by atoms with E-state index in [4.69, 9.17) is 0 Å². The Hall–Kier alpha value is -3.24. The third-order valence-electron chi connectivity index (χ3n) is 5.49. The highest BCUT2D eigenvalue weighted by atomic mass is 32.2. The van der Waals surface area contributed by atoms with Gasteiger partial charge in [-0.2, -0.15) is 0 Å². The maximum atomic E-state index is 12.6. The van der Waals surface area contributed by atoms with Gasteiger partial charge in [-0.3, -0.25) is 14.5 Å². The molecule has 2 amide bonds. The predicted octanol–water partition coefficient (Wildman–Crippen LogP) is 2.47. The topological polar surface area (TPSA) is 105 Å². The summed E-state index contributed by atoms with van der Waals surface area (Å²) >= 11 is 1.25. The normalized spacial score (nSPS) is 13.7. The number of anilines is 1. The van der Waals surface area contributed by atoms with Gasteiger partial charge in [0.05, 0.1) is 5.75 Å². The average Bonchev–Trinajstić information content (AvgIpc) is 3.49. The molecule has 9 nitrogen and oxygen atoms in total. The number of amides is 2. The monoisotopic (exact) mass is 465 g/mol. The number of carbonyl (C=O) groups excluding carboxylic acids is 2. The van der Waals surface area contributed by atoms with Crippen LogP contribution in [0.4, 0.5) is 5.69 Å². The van der Waals surface area contributed by atoms with Gasteiger partial charge in [0, 0.05) is 31.4 Å². The van der Waals surface area contributed by atoms with Crippen LogP contribution in [0.15, 0.2) is 53.7 Å². The molecule has 0 bridgehead atoms. The van der Waals surface area contributed by atoms with Gasteiger partial charge in [0.15, 0.2) is 0 Å². The first-order valence-corrected chi connectivity index (χ1v) is 11.9. The summed E-state index contributed by atoms with van der Waals surface area (Å²) in [6.07, 6.45) is 2.51. The van der Waals surface area contributed by atoms with Crippen LogP contribution in [0.5, 0.6) is 0 Å². The van der Waals surface area contributed by atoms with Crippen LogP contribution in [-0.2, 0) is 24.9 Å². The van der Waals surface area contributed by atoms with Gasteiger partial charge in [-0.15, -0.1) is 5.10 Å². The molecule has 1 aromatic heterocycles. The smallest absolute Gasteiger partial charge is 0.251 e. The number of hydrogen-bond acceptors (Lipinski definition) is 7. The zero-order valence-electron chi connectivity index (χ0n) is 18.5. The highest BCUT2D eigenvalue weighted by Crippen LogP contribution is 2.17. The van der Waals surface area contributed by atoms with Crippen molar-refractivity contribution in [3.05, 3.63) is 65.2 Å². The predicted molar refractivity (Wildman–Crippen MR) is 127 cm³/mol. The first-order valence-electron chi connectivity index (χ1n) is 10.9. The lowest BCUT2D eigenvalue weighted by molar-refractivity contribution is -0.113. The maximum absolute atomic E-state index is 12.6. The van der Waals surface area contributed by atoms with Crippen LogP contribution in [0.1, 0.15) is 34.3 Å². The van der Waals surface area contributed by atoms with Gasteiger partial charge < -0.3 is 10.6 Å². The number of rotatable bonds is 9. The molecule has 0 radical (unpaired) electrons. The van der Waals surface area contributed by atoms with Gasteiger partial charge >= 0.3 is 0 Å². The third kappa shape index (κ3) is 6.39. The van der Waals surface area contributed by atoms with Crippen LogP contribution in [0, 0.1) is 0 Å². The number of aryl methyl sites for hydroxylation is 1. The van der Waals surface area contributed by atoms with Crippen molar-refractivity contribution in [1.82, 2.24) is 30.4 Å². The second kappa shape index (κ2) is 11.1. The van der Waals surface area contributed by atoms with Gasteiger partial charge in [-0.05, 0) is 71.8 Å². The summed E-state index contributed by atoms with van der Waals surface area (Å²) in [7, 11) is 1.72. The van der Waals surface area contributed by atoms with E-state index in [1.54, 1.807) is 31.3 Å². The Bertz CT molecular complexity index is 1090. The minimum atomic E-state index is -0.171. The Labute approximate surface area is 196 Å². The summed E-state index contributed by atoms with van der Waals surface area (Å²) in [5.74, 6) is -0.128. The number of thioether (sulfide) groups is 1. The second-order valence-electron chi connectivity index (χ2n) is 7.93. The lowest BCUT2D eigenvalue weighted by Gasteiger charge is -2.17. The van der Waals surface area contributed by atoms with Crippen molar-refractivity contribution < 1.29 is 9.59 Å². The summed E-state index contributed by atoms with van der Waals surface area (Å²) in [4.78, 5) is 27.3. The highest BCUT2D eigenvalue weighted by Gasteiger charge is 2.14. The molecule has 1 aliphatic heterocycles. The van der Waals surface area contributed by atoms with Gasteiger partial charge in [0.25, 0.3) is 5.91 Å². The summed E-state index contributed by atoms with van der Waals surface area (Å²) in [6.45, 7) is 3.68. The molecule has 0 aliphatic carbocycles. The van der Waals surface area contributed by atoms with Crippen LogP contribution in [0.2, 0.25) is 0 Å². The number of aromatic nitrogens is 4. The first kappa shape index (κ1) is 22.9. The third-order valence-corrected chi connectivity index (χ3v) is 6.51. The summed E-state index contributed by atoms with van der Waals surface area (Å²) in [5, 5.41) is 17.5. The fourth-order valence-corrected chi connectivity index (χ4v) is 4.37. The molecular weight excluding hydrogens is 438 g/mol. The summed E-state index contributed by atoms with van der Waals surface area (Å²) < 4.78 is 1.51. The Morgan fingerprint density at radius 1 is 1.03 bits per heavy atom. The molecule has 0 spiro atoms. The molecule has 0 unspecified atom stereocenters. The van der Waals surface area contributed by atoms with E-state index in [2.05, 4.69) is 43.2 Å². The van der Waals surface area contributed by atoms with E-state index in [1.165, 1.54) is 34.8 Å².